The summed E-state index contributed by atoms with van der Waals surface area (Å²) in [5.74, 6) is 0.800. The lowest BCUT2D eigenvalue weighted by Gasteiger charge is -2.30. The van der Waals surface area contributed by atoms with E-state index >= 15 is 0 Å². The normalized spacial score (nSPS) is 16.9. The van der Waals surface area contributed by atoms with E-state index in [4.69, 9.17) is 5.73 Å². The van der Waals surface area contributed by atoms with Gasteiger partial charge in [0.1, 0.15) is 0 Å². The zero-order chi connectivity index (χ0) is 15.2. The number of nitrogens with two attached hydrogens (primary N) is 1. The monoisotopic (exact) mass is 289 g/mol. The summed E-state index contributed by atoms with van der Waals surface area (Å²) in [6.45, 7) is 8.45. The number of amides is 1. The van der Waals surface area contributed by atoms with Crippen LogP contribution >= 0.6 is 0 Å². The lowest BCUT2D eigenvalue weighted by Crippen LogP contribution is -2.35. The minimum atomic E-state index is -0.0662. The molecule has 116 valence electrons. The highest BCUT2D eigenvalue weighted by Crippen LogP contribution is 2.16. The summed E-state index contributed by atoms with van der Waals surface area (Å²) in [6.07, 6.45) is 3.59. The van der Waals surface area contributed by atoms with Crippen molar-refractivity contribution in [3.63, 3.8) is 0 Å². The molecule has 0 spiro atoms. The van der Waals surface area contributed by atoms with E-state index < -0.39 is 0 Å². The van der Waals surface area contributed by atoms with Crippen molar-refractivity contribution in [2.24, 2.45) is 5.92 Å². The molecular weight excluding hydrogens is 262 g/mol. The number of benzene rings is 1. The first-order valence-corrected chi connectivity index (χ1v) is 7.93. The number of anilines is 1. The molecule has 4 nitrogen and oxygen atoms in total. The van der Waals surface area contributed by atoms with Crippen molar-refractivity contribution in [3.8, 4) is 0 Å². The van der Waals surface area contributed by atoms with Crippen LogP contribution in [0.5, 0.6) is 0 Å². The number of nitrogens with zero attached hydrogens (tertiary/aromatic N) is 1. The average Bonchev–Trinajstić information content (AvgIpc) is 2.47. The summed E-state index contributed by atoms with van der Waals surface area (Å²) in [6, 6.07) is 5.55. The van der Waals surface area contributed by atoms with Gasteiger partial charge in [0.25, 0.3) is 5.91 Å². The number of nitrogen functional groups attached to an aromatic ring is 1. The first-order chi connectivity index (χ1) is 10.1. The Morgan fingerprint density at radius 3 is 2.81 bits per heavy atom. The molecule has 0 saturated carbocycles. The fourth-order valence-corrected chi connectivity index (χ4v) is 2.75. The minimum absolute atomic E-state index is 0.0662. The number of carbonyl (C=O) groups is 1. The quantitative estimate of drug-likeness (QED) is 0.646. The SMILES string of the molecule is Cc1ccc(N)c(C(=O)NCCCN2CCC(C)CC2)c1. The first-order valence-electron chi connectivity index (χ1n) is 7.93. The van der Waals surface area contributed by atoms with Crippen LogP contribution in [0.1, 0.15) is 42.1 Å². The maximum absolute atomic E-state index is 12.1. The standard InChI is InChI=1S/C17H27N3O/c1-13-6-10-20(11-7-13)9-3-8-19-17(21)15-12-14(2)4-5-16(15)18/h4-5,12-13H,3,6-11,18H2,1-2H3,(H,19,21). The van der Waals surface area contributed by atoms with E-state index in [0.29, 0.717) is 17.8 Å². The van der Waals surface area contributed by atoms with Crippen LogP contribution in [0.25, 0.3) is 0 Å². The summed E-state index contributed by atoms with van der Waals surface area (Å²) < 4.78 is 0. The van der Waals surface area contributed by atoms with Crippen LogP contribution in [0, 0.1) is 12.8 Å². The van der Waals surface area contributed by atoms with Gasteiger partial charge < -0.3 is 16.0 Å². The van der Waals surface area contributed by atoms with Gasteiger partial charge in [-0.2, -0.15) is 0 Å². The van der Waals surface area contributed by atoms with Gasteiger partial charge in [0.15, 0.2) is 0 Å². The summed E-state index contributed by atoms with van der Waals surface area (Å²) in [7, 11) is 0. The van der Waals surface area contributed by atoms with Crippen molar-refractivity contribution >= 4 is 11.6 Å². The van der Waals surface area contributed by atoms with Gasteiger partial charge in [-0.15, -0.1) is 0 Å². The predicted octanol–water partition coefficient (Wildman–Crippen LogP) is 2.43. The Morgan fingerprint density at radius 2 is 2.10 bits per heavy atom. The van der Waals surface area contributed by atoms with Crippen molar-refractivity contribution in [2.75, 3.05) is 31.9 Å². The van der Waals surface area contributed by atoms with Crippen LogP contribution in [0.4, 0.5) is 5.69 Å². The topological polar surface area (TPSA) is 58.4 Å². The molecule has 0 unspecified atom stereocenters. The van der Waals surface area contributed by atoms with E-state index in [-0.39, 0.29) is 5.91 Å². The maximum Gasteiger partial charge on any atom is 0.253 e. The Labute approximate surface area is 127 Å². The number of rotatable bonds is 5. The summed E-state index contributed by atoms with van der Waals surface area (Å²) >= 11 is 0. The van der Waals surface area contributed by atoms with E-state index in [2.05, 4.69) is 17.1 Å². The Morgan fingerprint density at radius 1 is 1.38 bits per heavy atom. The van der Waals surface area contributed by atoms with Gasteiger partial charge >= 0.3 is 0 Å². The fraction of sp³-hybridized carbons (Fsp3) is 0.588. The molecule has 4 heteroatoms. The van der Waals surface area contributed by atoms with Crippen molar-refractivity contribution < 1.29 is 4.79 Å². The van der Waals surface area contributed by atoms with Crippen LogP contribution < -0.4 is 11.1 Å². The molecule has 1 saturated heterocycles. The van der Waals surface area contributed by atoms with E-state index in [0.717, 1.165) is 24.4 Å². The third-order valence-corrected chi connectivity index (χ3v) is 4.27. The molecule has 1 fully saturated rings. The molecule has 2 rings (SSSR count). The first kappa shape index (κ1) is 15.8. The number of carbonyl (C=O) groups excluding carboxylic acids is 1. The van der Waals surface area contributed by atoms with Crippen LogP contribution in [0.2, 0.25) is 0 Å². The van der Waals surface area contributed by atoms with Crippen LogP contribution in [-0.2, 0) is 0 Å². The third kappa shape index (κ3) is 4.74. The van der Waals surface area contributed by atoms with Crippen molar-refractivity contribution in [3.05, 3.63) is 29.3 Å². The second kappa shape index (κ2) is 7.46. The molecule has 3 N–H and O–H groups in total. The average molecular weight is 289 g/mol. The molecule has 1 aliphatic rings. The second-order valence-corrected chi connectivity index (χ2v) is 6.22. The molecule has 0 atom stereocenters. The van der Waals surface area contributed by atoms with Crippen LogP contribution in [-0.4, -0.2) is 37.0 Å². The minimum Gasteiger partial charge on any atom is -0.398 e. The smallest absolute Gasteiger partial charge is 0.253 e. The van der Waals surface area contributed by atoms with Crippen molar-refractivity contribution in [1.82, 2.24) is 10.2 Å². The number of hydrogen-bond acceptors (Lipinski definition) is 3. The van der Waals surface area contributed by atoms with E-state index in [1.54, 1.807) is 6.07 Å². The Bertz CT molecular complexity index is 479. The highest BCUT2D eigenvalue weighted by Gasteiger charge is 2.15. The molecule has 1 aromatic carbocycles. The molecule has 0 aliphatic carbocycles. The van der Waals surface area contributed by atoms with Crippen LogP contribution in [0.3, 0.4) is 0 Å². The molecule has 1 heterocycles. The fourth-order valence-electron chi connectivity index (χ4n) is 2.75. The highest BCUT2D eigenvalue weighted by atomic mass is 16.1. The zero-order valence-electron chi connectivity index (χ0n) is 13.2. The van der Waals surface area contributed by atoms with Gasteiger partial charge in [0.05, 0.1) is 5.56 Å². The van der Waals surface area contributed by atoms with Gasteiger partial charge in [0.2, 0.25) is 0 Å². The molecule has 1 aliphatic heterocycles. The van der Waals surface area contributed by atoms with Crippen LogP contribution in [0.15, 0.2) is 18.2 Å². The van der Waals surface area contributed by atoms with Gasteiger partial charge in [-0.25, -0.2) is 0 Å². The van der Waals surface area contributed by atoms with Gasteiger partial charge in [-0.05, 0) is 63.9 Å². The molecule has 21 heavy (non-hydrogen) atoms. The van der Waals surface area contributed by atoms with Gasteiger partial charge in [-0.3, -0.25) is 4.79 Å². The maximum atomic E-state index is 12.1. The molecule has 0 bridgehead atoms. The zero-order valence-corrected chi connectivity index (χ0v) is 13.2. The number of hydrogen-bond donors (Lipinski definition) is 2. The van der Waals surface area contributed by atoms with E-state index in [1.807, 2.05) is 19.1 Å². The van der Waals surface area contributed by atoms with Gasteiger partial charge in [-0.1, -0.05) is 18.6 Å². The lowest BCUT2D eigenvalue weighted by atomic mass is 9.99. The third-order valence-electron chi connectivity index (χ3n) is 4.27. The Balaban J connectivity index is 1.71. The second-order valence-electron chi connectivity index (χ2n) is 6.22. The highest BCUT2D eigenvalue weighted by molar-refractivity contribution is 5.99. The summed E-state index contributed by atoms with van der Waals surface area (Å²) in [4.78, 5) is 14.6. The lowest BCUT2D eigenvalue weighted by molar-refractivity contribution is 0.0951. The number of nitrogens with one attached hydrogen (secondary N) is 1. The number of aryl methyl sites for hydroxylation is 1. The Hall–Kier alpha value is -1.55. The van der Waals surface area contributed by atoms with E-state index in [9.17, 15) is 4.79 Å². The number of piperidine rings is 1. The van der Waals surface area contributed by atoms with E-state index in [1.165, 1.54) is 25.9 Å². The number of likely N-dealkylation sites (tertiary alicyclic amines) is 1. The summed E-state index contributed by atoms with van der Waals surface area (Å²) in [5, 5.41) is 2.97. The largest absolute Gasteiger partial charge is 0.398 e. The molecule has 0 radical (unpaired) electrons. The van der Waals surface area contributed by atoms with Gasteiger partial charge in [0, 0.05) is 12.2 Å². The Kier molecular flexibility index (Phi) is 5.62. The summed E-state index contributed by atoms with van der Waals surface area (Å²) in [5.41, 5.74) is 8.04. The molecule has 0 aromatic heterocycles. The predicted molar refractivity (Wildman–Crippen MR) is 87.4 cm³/mol. The van der Waals surface area contributed by atoms with Crippen molar-refractivity contribution in [2.45, 2.75) is 33.1 Å². The van der Waals surface area contributed by atoms with Crippen molar-refractivity contribution in [1.29, 1.82) is 0 Å². The molecular formula is C17H27N3O. The molecule has 1 aromatic rings. The molecule has 1 amide bonds.